The lowest BCUT2D eigenvalue weighted by Gasteiger charge is -2.09. The molecule has 1 aliphatic rings. The average molecular weight is 278 g/mol. The van der Waals surface area contributed by atoms with Crippen molar-refractivity contribution in [3.8, 4) is 0 Å². The van der Waals surface area contributed by atoms with Gasteiger partial charge in [0.05, 0.1) is 5.52 Å². The van der Waals surface area contributed by atoms with Crippen LogP contribution < -0.4 is 0 Å². The second-order valence-corrected chi connectivity index (χ2v) is 5.90. The molecule has 0 spiro atoms. The number of nitrogens with zero attached hydrogens (tertiary/aromatic N) is 1. The molecule has 0 radical (unpaired) electrons. The number of halogens is 1. The molecule has 102 valence electrons. The topological polar surface area (TPSA) is 20.7 Å². The summed E-state index contributed by atoms with van der Waals surface area (Å²) >= 11 is 5.30. The van der Waals surface area contributed by atoms with E-state index in [-0.39, 0.29) is 5.82 Å². The summed E-state index contributed by atoms with van der Waals surface area (Å²) in [6, 6.07) is 5.14. The quantitative estimate of drug-likeness (QED) is 0.796. The highest BCUT2D eigenvalue weighted by Gasteiger charge is 2.15. The monoisotopic (exact) mass is 278 g/mol. The van der Waals surface area contributed by atoms with Crippen LogP contribution in [0.5, 0.6) is 0 Å². The van der Waals surface area contributed by atoms with Crippen LogP contribution in [0.3, 0.4) is 0 Å². The number of fused-ring (bicyclic) bond motifs is 1. The van der Waals surface area contributed by atoms with Gasteiger partial charge >= 0.3 is 0 Å². The van der Waals surface area contributed by atoms with Gasteiger partial charge in [0.2, 0.25) is 0 Å². The molecule has 1 aromatic heterocycles. The highest BCUT2D eigenvalue weighted by atomic mass is 32.1. The molecule has 0 amide bonds. The Morgan fingerprint density at radius 3 is 2.89 bits per heavy atom. The molecule has 0 atom stereocenters. The summed E-state index contributed by atoms with van der Waals surface area (Å²) in [6.07, 6.45) is 7.94. The second-order valence-electron chi connectivity index (χ2n) is 5.51. The van der Waals surface area contributed by atoms with Crippen molar-refractivity contribution in [3.63, 3.8) is 0 Å². The molecule has 1 fully saturated rings. The molecule has 1 N–H and O–H groups in total. The molecule has 19 heavy (non-hydrogen) atoms. The van der Waals surface area contributed by atoms with Crippen LogP contribution >= 0.6 is 12.2 Å². The van der Waals surface area contributed by atoms with Crippen LogP contribution in [-0.2, 0) is 6.54 Å². The smallest absolute Gasteiger partial charge is 0.178 e. The predicted molar refractivity (Wildman–Crippen MR) is 78.3 cm³/mol. The third-order valence-corrected chi connectivity index (χ3v) is 4.55. The number of aromatic nitrogens is 2. The van der Waals surface area contributed by atoms with E-state index >= 15 is 0 Å². The maximum absolute atomic E-state index is 13.7. The molecule has 1 heterocycles. The Bertz CT molecular complexity index is 623. The van der Waals surface area contributed by atoms with Crippen LogP contribution in [0.15, 0.2) is 18.2 Å². The molecule has 1 saturated carbocycles. The summed E-state index contributed by atoms with van der Waals surface area (Å²) in [5, 5.41) is 0. The van der Waals surface area contributed by atoms with E-state index in [4.69, 9.17) is 12.2 Å². The van der Waals surface area contributed by atoms with Crippen LogP contribution in [-0.4, -0.2) is 9.55 Å². The number of imidazole rings is 1. The standard InChI is InChI=1S/C15H19FN2S/c16-12-8-3-9-13-14(12)17-15(19)18(13)10-4-7-11-5-1-2-6-11/h3,8-9,11H,1-2,4-7,10H2,(H,17,19). The van der Waals surface area contributed by atoms with Crippen LogP contribution in [0.1, 0.15) is 38.5 Å². The third-order valence-electron chi connectivity index (χ3n) is 4.23. The van der Waals surface area contributed by atoms with Gasteiger partial charge in [0, 0.05) is 6.54 Å². The summed E-state index contributed by atoms with van der Waals surface area (Å²) in [7, 11) is 0. The average Bonchev–Trinajstić information content (AvgIpc) is 3.00. The summed E-state index contributed by atoms with van der Waals surface area (Å²) in [4.78, 5) is 2.98. The van der Waals surface area contributed by atoms with E-state index in [0.717, 1.165) is 24.4 Å². The number of nitrogens with one attached hydrogen (secondary N) is 1. The first kappa shape index (κ1) is 12.9. The molecule has 0 bridgehead atoms. The summed E-state index contributed by atoms with van der Waals surface area (Å²) < 4.78 is 16.3. The zero-order valence-electron chi connectivity index (χ0n) is 11.0. The van der Waals surface area contributed by atoms with Crippen LogP contribution in [0.2, 0.25) is 0 Å². The zero-order valence-corrected chi connectivity index (χ0v) is 11.8. The van der Waals surface area contributed by atoms with Crippen molar-refractivity contribution in [3.05, 3.63) is 28.8 Å². The van der Waals surface area contributed by atoms with Gasteiger partial charge < -0.3 is 9.55 Å². The maximum atomic E-state index is 13.7. The van der Waals surface area contributed by atoms with Crippen molar-refractivity contribution >= 4 is 23.3 Å². The molecule has 0 saturated heterocycles. The molecule has 3 rings (SSSR count). The maximum Gasteiger partial charge on any atom is 0.178 e. The van der Waals surface area contributed by atoms with Gasteiger partial charge in [-0.1, -0.05) is 31.7 Å². The number of hydrogen-bond acceptors (Lipinski definition) is 1. The largest absolute Gasteiger partial charge is 0.328 e. The number of aromatic amines is 1. The first-order chi connectivity index (χ1) is 9.25. The van der Waals surface area contributed by atoms with Gasteiger partial charge in [-0.25, -0.2) is 4.39 Å². The van der Waals surface area contributed by atoms with Gasteiger partial charge in [-0.2, -0.15) is 0 Å². The van der Waals surface area contributed by atoms with Gasteiger partial charge in [0.1, 0.15) is 11.3 Å². The Hall–Kier alpha value is -1.16. The van der Waals surface area contributed by atoms with Gasteiger partial charge in [0.15, 0.2) is 4.77 Å². The highest BCUT2D eigenvalue weighted by Crippen LogP contribution is 2.29. The number of para-hydroxylation sites is 1. The van der Waals surface area contributed by atoms with Gasteiger partial charge in [0.25, 0.3) is 0 Å². The minimum Gasteiger partial charge on any atom is -0.328 e. The van der Waals surface area contributed by atoms with Gasteiger partial charge in [-0.3, -0.25) is 0 Å². The van der Waals surface area contributed by atoms with E-state index in [9.17, 15) is 4.39 Å². The molecular weight excluding hydrogens is 259 g/mol. The van der Waals surface area contributed by atoms with E-state index in [1.807, 2.05) is 10.6 Å². The molecule has 1 aliphatic carbocycles. The Morgan fingerprint density at radius 2 is 2.11 bits per heavy atom. The number of H-pyrrole nitrogens is 1. The van der Waals surface area contributed by atoms with E-state index in [1.165, 1.54) is 38.2 Å². The molecule has 1 aromatic carbocycles. The SMILES string of the molecule is Fc1cccc2c1[nH]c(=S)n2CCCC1CCCC1. The van der Waals surface area contributed by atoms with Crippen molar-refractivity contribution in [1.82, 2.24) is 9.55 Å². The van der Waals surface area contributed by atoms with Crippen LogP contribution in [0.4, 0.5) is 4.39 Å². The van der Waals surface area contributed by atoms with Crippen molar-refractivity contribution in [2.24, 2.45) is 5.92 Å². The summed E-state index contributed by atoms with van der Waals surface area (Å²) in [5.74, 6) is 0.675. The lowest BCUT2D eigenvalue weighted by Crippen LogP contribution is -2.01. The van der Waals surface area contributed by atoms with Crippen molar-refractivity contribution in [1.29, 1.82) is 0 Å². The van der Waals surface area contributed by atoms with E-state index in [1.54, 1.807) is 6.07 Å². The van der Waals surface area contributed by atoms with Gasteiger partial charge in [-0.15, -0.1) is 0 Å². The Kier molecular flexibility index (Phi) is 3.69. The van der Waals surface area contributed by atoms with Crippen molar-refractivity contribution in [2.45, 2.75) is 45.1 Å². The van der Waals surface area contributed by atoms with E-state index in [2.05, 4.69) is 4.98 Å². The molecule has 0 unspecified atom stereocenters. The minimum atomic E-state index is -0.224. The molecule has 0 aliphatic heterocycles. The van der Waals surface area contributed by atoms with Gasteiger partial charge in [-0.05, 0) is 43.1 Å². The zero-order chi connectivity index (χ0) is 13.2. The highest BCUT2D eigenvalue weighted by molar-refractivity contribution is 7.71. The first-order valence-electron chi connectivity index (χ1n) is 7.13. The Morgan fingerprint density at radius 1 is 1.32 bits per heavy atom. The first-order valence-corrected chi connectivity index (χ1v) is 7.53. The molecule has 2 aromatic rings. The fourth-order valence-corrected chi connectivity index (χ4v) is 3.50. The van der Waals surface area contributed by atoms with Crippen LogP contribution in [0, 0.1) is 16.5 Å². The van der Waals surface area contributed by atoms with E-state index in [0.29, 0.717) is 10.3 Å². The minimum absolute atomic E-state index is 0.224. The Labute approximate surface area is 117 Å². The normalized spacial score (nSPS) is 16.5. The molecule has 2 nitrogen and oxygen atoms in total. The number of hydrogen-bond donors (Lipinski definition) is 1. The van der Waals surface area contributed by atoms with Crippen LogP contribution in [0.25, 0.3) is 11.0 Å². The molecular formula is C15H19FN2S. The third kappa shape index (κ3) is 2.59. The second kappa shape index (κ2) is 5.45. The number of rotatable bonds is 4. The summed E-state index contributed by atoms with van der Waals surface area (Å²) in [6.45, 7) is 0.888. The lowest BCUT2D eigenvalue weighted by atomic mass is 10.0. The molecule has 4 heteroatoms. The van der Waals surface area contributed by atoms with Crippen molar-refractivity contribution in [2.75, 3.05) is 0 Å². The fourth-order valence-electron chi connectivity index (χ4n) is 3.20. The predicted octanol–water partition coefficient (Wildman–Crippen LogP) is 4.81. The lowest BCUT2D eigenvalue weighted by molar-refractivity contribution is 0.460. The number of aryl methyl sites for hydroxylation is 1. The number of benzene rings is 1. The Balaban J connectivity index is 1.75. The van der Waals surface area contributed by atoms with E-state index < -0.39 is 0 Å². The fraction of sp³-hybridized carbons (Fsp3) is 0.533. The summed E-state index contributed by atoms with van der Waals surface area (Å²) in [5.41, 5.74) is 1.42. The van der Waals surface area contributed by atoms with Crippen molar-refractivity contribution < 1.29 is 4.39 Å².